The Bertz CT molecular complexity index is 1260. The van der Waals surface area contributed by atoms with Crippen LogP contribution in [0.5, 0.6) is 0 Å². The number of hydrogen-bond acceptors (Lipinski definition) is 2. The Morgan fingerprint density at radius 1 is 0.781 bits per heavy atom. The number of rotatable bonds is 3. The van der Waals surface area contributed by atoms with Crippen molar-refractivity contribution in [2.24, 2.45) is 4.99 Å². The van der Waals surface area contributed by atoms with Gasteiger partial charge in [0.1, 0.15) is 0 Å². The van der Waals surface area contributed by atoms with Gasteiger partial charge in [-0.2, -0.15) is 0 Å². The number of anilines is 1. The molecule has 4 aromatic rings. The highest BCUT2D eigenvalue weighted by Gasteiger charge is 2.33. The molecule has 5 rings (SSSR count). The van der Waals surface area contributed by atoms with E-state index >= 15 is 0 Å². The predicted octanol–water partition coefficient (Wildman–Crippen LogP) is 6.91. The summed E-state index contributed by atoms with van der Waals surface area (Å²) in [4.78, 5) is 20.9. The van der Waals surface area contributed by atoms with Crippen LogP contribution in [0.2, 0.25) is 0 Å². The second-order valence-electron chi connectivity index (χ2n) is 8.09. The fraction of sp³-hybridized carbons (Fsp3) is 0.103. The lowest BCUT2D eigenvalue weighted by Gasteiger charge is -2.32. The summed E-state index contributed by atoms with van der Waals surface area (Å²) in [6.07, 6.45) is 0.625. The van der Waals surface area contributed by atoms with Crippen LogP contribution in [0, 0.1) is 6.92 Å². The Labute approximate surface area is 188 Å². The second-order valence-corrected chi connectivity index (χ2v) is 8.09. The lowest BCUT2D eigenvalue weighted by Crippen LogP contribution is -2.35. The highest BCUT2D eigenvalue weighted by Crippen LogP contribution is 2.41. The number of nitrogens with zero attached hydrogens (tertiary/aromatic N) is 2. The summed E-state index contributed by atoms with van der Waals surface area (Å²) in [6.45, 7) is 2.08. The molecule has 4 aromatic carbocycles. The molecule has 0 spiro atoms. The Balaban J connectivity index is 1.70. The second kappa shape index (κ2) is 8.64. The van der Waals surface area contributed by atoms with E-state index in [0.29, 0.717) is 12.0 Å². The quantitative estimate of drug-likeness (QED) is 0.357. The van der Waals surface area contributed by atoms with Gasteiger partial charge in [0.2, 0.25) is 0 Å². The molecule has 1 amide bonds. The summed E-state index contributed by atoms with van der Waals surface area (Å²) >= 11 is 0. The molecule has 0 radical (unpaired) electrons. The van der Waals surface area contributed by atoms with Gasteiger partial charge in [0, 0.05) is 12.0 Å². The van der Waals surface area contributed by atoms with Crippen LogP contribution in [0.1, 0.15) is 39.5 Å². The van der Waals surface area contributed by atoms with Crippen LogP contribution in [0.25, 0.3) is 0 Å². The zero-order valence-corrected chi connectivity index (χ0v) is 18.0. The third-order valence-corrected chi connectivity index (χ3v) is 5.90. The summed E-state index contributed by atoms with van der Waals surface area (Å²) in [7, 11) is 0. The SMILES string of the molecule is Cc1ccc(C2CC(c3ccccc3)=Nc3ccccc3N2C(=O)c2ccccc2)cc1. The van der Waals surface area contributed by atoms with Crippen molar-refractivity contribution in [1.29, 1.82) is 0 Å². The summed E-state index contributed by atoms with van der Waals surface area (Å²) in [6, 6.07) is 36.0. The number of carbonyl (C=O) groups excluding carboxylic acids is 1. The molecule has 0 saturated heterocycles. The molecule has 156 valence electrons. The molecule has 1 aliphatic heterocycles. The summed E-state index contributed by atoms with van der Waals surface area (Å²) in [5, 5.41) is 0. The first-order valence-corrected chi connectivity index (χ1v) is 10.9. The molecule has 0 N–H and O–H groups in total. The van der Waals surface area contributed by atoms with Gasteiger partial charge in [-0.05, 0) is 42.3 Å². The maximum absolute atomic E-state index is 13.9. The van der Waals surface area contributed by atoms with Crippen molar-refractivity contribution in [2.75, 3.05) is 4.90 Å². The minimum absolute atomic E-state index is 0.0202. The number of fused-ring (bicyclic) bond motifs is 1. The molecule has 1 heterocycles. The van der Waals surface area contributed by atoms with Crippen molar-refractivity contribution < 1.29 is 4.79 Å². The molecule has 3 nitrogen and oxygen atoms in total. The minimum Gasteiger partial charge on any atom is -0.298 e. The van der Waals surface area contributed by atoms with Crippen molar-refractivity contribution in [3.05, 3.63) is 131 Å². The first kappa shape index (κ1) is 20.0. The Kier molecular flexibility index (Phi) is 5.39. The smallest absolute Gasteiger partial charge is 0.258 e. The first-order valence-electron chi connectivity index (χ1n) is 10.9. The number of amides is 1. The normalized spacial score (nSPS) is 15.5. The van der Waals surface area contributed by atoms with E-state index in [1.807, 2.05) is 77.7 Å². The number of benzene rings is 4. The third-order valence-electron chi connectivity index (χ3n) is 5.90. The van der Waals surface area contributed by atoms with Crippen molar-refractivity contribution in [3.8, 4) is 0 Å². The van der Waals surface area contributed by atoms with Gasteiger partial charge in [-0.1, -0.05) is 90.5 Å². The van der Waals surface area contributed by atoms with E-state index < -0.39 is 0 Å². The van der Waals surface area contributed by atoms with Crippen LogP contribution in [0.4, 0.5) is 11.4 Å². The molecule has 0 fully saturated rings. The van der Waals surface area contributed by atoms with Gasteiger partial charge in [-0.25, -0.2) is 0 Å². The number of aryl methyl sites for hydroxylation is 1. The first-order chi connectivity index (χ1) is 15.7. The average molecular weight is 417 g/mol. The minimum atomic E-state index is -0.175. The van der Waals surface area contributed by atoms with Gasteiger partial charge in [0.15, 0.2) is 0 Å². The largest absolute Gasteiger partial charge is 0.298 e. The molecule has 3 heteroatoms. The van der Waals surface area contributed by atoms with E-state index in [0.717, 1.165) is 28.2 Å². The van der Waals surface area contributed by atoms with Gasteiger partial charge in [0.05, 0.1) is 23.1 Å². The van der Waals surface area contributed by atoms with E-state index in [1.165, 1.54) is 5.56 Å². The van der Waals surface area contributed by atoms with Crippen LogP contribution >= 0.6 is 0 Å². The topological polar surface area (TPSA) is 32.7 Å². The molecule has 0 aliphatic carbocycles. The fourth-order valence-corrected chi connectivity index (χ4v) is 4.23. The van der Waals surface area contributed by atoms with Gasteiger partial charge in [-0.3, -0.25) is 14.7 Å². The number of carbonyl (C=O) groups is 1. The summed E-state index contributed by atoms with van der Waals surface area (Å²) < 4.78 is 0. The summed E-state index contributed by atoms with van der Waals surface area (Å²) in [5.74, 6) is -0.0202. The molecule has 1 unspecified atom stereocenters. The van der Waals surface area contributed by atoms with E-state index in [2.05, 4.69) is 43.3 Å². The molecule has 0 bridgehead atoms. The predicted molar refractivity (Wildman–Crippen MR) is 131 cm³/mol. The molecule has 0 saturated carbocycles. The fourth-order valence-electron chi connectivity index (χ4n) is 4.23. The monoisotopic (exact) mass is 416 g/mol. The van der Waals surface area contributed by atoms with Gasteiger partial charge < -0.3 is 0 Å². The number of aliphatic imine (C=N–C) groups is 1. The van der Waals surface area contributed by atoms with Crippen LogP contribution in [0.3, 0.4) is 0 Å². The maximum atomic E-state index is 13.9. The Hall–Kier alpha value is -3.98. The Morgan fingerprint density at radius 3 is 2.12 bits per heavy atom. The zero-order chi connectivity index (χ0) is 21.9. The van der Waals surface area contributed by atoms with Crippen LogP contribution in [0.15, 0.2) is 114 Å². The third kappa shape index (κ3) is 3.85. The van der Waals surface area contributed by atoms with Crippen molar-refractivity contribution >= 4 is 23.0 Å². The lowest BCUT2D eigenvalue weighted by atomic mass is 9.94. The van der Waals surface area contributed by atoms with Gasteiger partial charge >= 0.3 is 0 Å². The highest BCUT2D eigenvalue weighted by atomic mass is 16.2. The molecule has 0 aromatic heterocycles. The van der Waals surface area contributed by atoms with E-state index in [4.69, 9.17) is 4.99 Å². The number of para-hydroxylation sites is 2. The van der Waals surface area contributed by atoms with Crippen LogP contribution in [-0.2, 0) is 0 Å². The molecular weight excluding hydrogens is 392 g/mol. The number of hydrogen-bond donors (Lipinski definition) is 0. The molecular formula is C29H24N2O. The summed E-state index contributed by atoms with van der Waals surface area (Å²) in [5.41, 5.74) is 6.66. The molecule has 1 aliphatic rings. The van der Waals surface area contributed by atoms with Crippen molar-refractivity contribution in [2.45, 2.75) is 19.4 Å². The van der Waals surface area contributed by atoms with E-state index in [-0.39, 0.29) is 11.9 Å². The van der Waals surface area contributed by atoms with Crippen LogP contribution < -0.4 is 4.90 Å². The Morgan fingerprint density at radius 2 is 1.41 bits per heavy atom. The van der Waals surface area contributed by atoms with E-state index in [1.54, 1.807) is 0 Å². The molecule has 1 atom stereocenters. The van der Waals surface area contributed by atoms with Crippen molar-refractivity contribution in [1.82, 2.24) is 0 Å². The zero-order valence-electron chi connectivity index (χ0n) is 18.0. The average Bonchev–Trinajstić information content (AvgIpc) is 3.02. The van der Waals surface area contributed by atoms with Gasteiger partial charge in [-0.15, -0.1) is 0 Å². The van der Waals surface area contributed by atoms with Crippen LogP contribution in [-0.4, -0.2) is 11.6 Å². The van der Waals surface area contributed by atoms with Crippen molar-refractivity contribution in [3.63, 3.8) is 0 Å². The molecule has 32 heavy (non-hydrogen) atoms. The lowest BCUT2D eigenvalue weighted by molar-refractivity contribution is 0.0977. The standard InChI is InChI=1S/C29H24N2O/c1-21-16-18-23(19-17-21)28-20-26(22-10-4-2-5-11-22)30-25-14-8-9-15-27(25)31(28)29(32)24-12-6-3-7-13-24/h2-19,28H,20H2,1H3. The van der Waals surface area contributed by atoms with E-state index in [9.17, 15) is 4.79 Å². The maximum Gasteiger partial charge on any atom is 0.258 e. The highest BCUT2D eigenvalue weighted by molar-refractivity contribution is 6.11. The van der Waals surface area contributed by atoms with Gasteiger partial charge in [0.25, 0.3) is 5.91 Å².